The zero-order valence-corrected chi connectivity index (χ0v) is 8.78. The van der Waals surface area contributed by atoms with Crippen molar-refractivity contribution in [2.24, 2.45) is 0 Å². The summed E-state index contributed by atoms with van der Waals surface area (Å²) in [6.45, 7) is 0. The topological polar surface area (TPSA) is 0 Å². The zero-order chi connectivity index (χ0) is 7.40. The van der Waals surface area contributed by atoms with E-state index in [2.05, 4.69) is 53.1 Å². The zero-order valence-electron chi connectivity index (χ0n) is 5.80. The molecule has 0 radical (unpaired) electrons. The molecule has 0 bridgehead atoms. The number of thioether (sulfide) groups is 1. The Morgan fingerprint density at radius 3 is 2.90 bits per heavy atom. The standard InChI is InChI=1S/C8H9IS/c1-10-6-7-3-2-4-8(9)5-7/h2-5H,6H2,1H3. The van der Waals surface area contributed by atoms with Crippen molar-refractivity contribution in [3.8, 4) is 0 Å². The van der Waals surface area contributed by atoms with Crippen LogP contribution in [0.25, 0.3) is 0 Å². The van der Waals surface area contributed by atoms with E-state index in [1.54, 1.807) is 0 Å². The molecule has 0 aliphatic carbocycles. The Hall–Kier alpha value is 0.300. The fraction of sp³-hybridized carbons (Fsp3) is 0.250. The minimum absolute atomic E-state index is 1.12. The van der Waals surface area contributed by atoms with E-state index in [1.807, 2.05) is 11.8 Å². The van der Waals surface area contributed by atoms with Crippen LogP contribution in [0, 0.1) is 3.57 Å². The summed E-state index contributed by atoms with van der Waals surface area (Å²) >= 11 is 4.20. The van der Waals surface area contributed by atoms with Crippen LogP contribution in [0.2, 0.25) is 0 Å². The van der Waals surface area contributed by atoms with Gasteiger partial charge in [0, 0.05) is 9.32 Å². The smallest absolute Gasteiger partial charge is 0.0182 e. The first kappa shape index (κ1) is 8.40. The highest BCUT2D eigenvalue weighted by Gasteiger charge is 1.90. The third kappa shape index (κ3) is 2.50. The molecule has 0 fully saturated rings. The van der Waals surface area contributed by atoms with Crippen molar-refractivity contribution in [2.45, 2.75) is 5.75 Å². The van der Waals surface area contributed by atoms with E-state index in [0.717, 1.165) is 5.75 Å². The van der Waals surface area contributed by atoms with Crippen LogP contribution in [0.1, 0.15) is 5.56 Å². The molecule has 0 spiro atoms. The largest absolute Gasteiger partial charge is 0.161 e. The molecule has 0 nitrogen and oxygen atoms in total. The van der Waals surface area contributed by atoms with Crippen LogP contribution in [-0.4, -0.2) is 6.26 Å². The number of hydrogen-bond donors (Lipinski definition) is 0. The predicted octanol–water partition coefficient (Wildman–Crippen LogP) is 3.15. The van der Waals surface area contributed by atoms with Gasteiger partial charge in [-0.2, -0.15) is 11.8 Å². The van der Waals surface area contributed by atoms with E-state index in [-0.39, 0.29) is 0 Å². The molecule has 10 heavy (non-hydrogen) atoms. The van der Waals surface area contributed by atoms with Crippen molar-refractivity contribution in [3.63, 3.8) is 0 Å². The highest BCUT2D eigenvalue weighted by atomic mass is 127. The number of benzene rings is 1. The molecule has 0 N–H and O–H groups in total. The lowest BCUT2D eigenvalue weighted by atomic mass is 10.2. The van der Waals surface area contributed by atoms with Crippen LogP contribution in [0.4, 0.5) is 0 Å². The van der Waals surface area contributed by atoms with Gasteiger partial charge < -0.3 is 0 Å². The van der Waals surface area contributed by atoms with Crippen LogP contribution in [0.3, 0.4) is 0 Å². The first-order valence-electron chi connectivity index (χ1n) is 3.06. The van der Waals surface area contributed by atoms with Crippen molar-refractivity contribution in [1.29, 1.82) is 0 Å². The van der Waals surface area contributed by atoms with Gasteiger partial charge in [0.15, 0.2) is 0 Å². The van der Waals surface area contributed by atoms with Gasteiger partial charge in [-0.05, 0) is 46.5 Å². The molecule has 0 atom stereocenters. The second-order valence-corrected chi connectivity index (χ2v) is 4.17. The Labute approximate surface area is 79.5 Å². The molecule has 0 saturated heterocycles. The average molecular weight is 264 g/mol. The quantitative estimate of drug-likeness (QED) is 0.739. The van der Waals surface area contributed by atoms with Gasteiger partial charge in [0.25, 0.3) is 0 Å². The summed E-state index contributed by atoms with van der Waals surface area (Å²) in [5, 5.41) is 0. The fourth-order valence-corrected chi connectivity index (χ4v) is 1.91. The summed E-state index contributed by atoms with van der Waals surface area (Å²) in [4.78, 5) is 0. The van der Waals surface area contributed by atoms with Crippen molar-refractivity contribution >= 4 is 34.4 Å². The van der Waals surface area contributed by atoms with Gasteiger partial charge in [0.05, 0.1) is 0 Å². The van der Waals surface area contributed by atoms with E-state index in [1.165, 1.54) is 9.13 Å². The molecule has 1 rings (SSSR count). The van der Waals surface area contributed by atoms with Crippen molar-refractivity contribution < 1.29 is 0 Å². The van der Waals surface area contributed by atoms with Gasteiger partial charge in [-0.15, -0.1) is 0 Å². The number of rotatable bonds is 2. The summed E-state index contributed by atoms with van der Waals surface area (Å²) in [5.41, 5.74) is 1.42. The Morgan fingerprint density at radius 2 is 2.30 bits per heavy atom. The Balaban J connectivity index is 2.75. The molecular formula is C8H9IS. The fourth-order valence-electron chi connectivity index (χ4n) is 0.793. The second-order valence-electron chi connectivity index (χ2n) is 2.06. The van der Waals surface area contributed by atoms with Crippen LogP contribution in [0.5, 0.6) is 0 Å². The van der Waals surface area contributed by atoms with Crippen LogP contribution in [-0.2, 0) is 5.75 Å². The molecule has 0 heterocycles. The SMILES string of the molecule is CSCc1cccc(I)c1. The molecule has 0 aliphatic heterocycles. The lowest BCUT2D eigenvalue weighted by molar-refractivity contribution is 1.40. The van der Waals surface area contributed by atoms with E-state index in [4.69, 9.17) is 0 Å². The second kappa shape index (κ2) is 4.23. The van der Waals surface area contributed by atoms with Gasteiger partial charge in [0.2, 0.25) is 0 Å². The molecule has 0 aliphatic rings. The van der Waals surface area contributed by atoms with Gasteiger partial charge in [-0.3, -0.25) is 0 Å². The number of halogens is 1. The average Bonchev–Trinajstić information content (AvgIpc) is 1.88. The van der Waals surface area contributed by atoms with Crippen LogP contribution >= 0.6 is 34.4 Å². The van der Waals surface area contributed by atoms with Crippen molar-refractivity contribution in [1.82, 2.24) is 0 Å². The molecular weight excluding hydrogens is 255 g/mol. The normalized spacial score (nSPS) is 9.80. The minimum Gasteiger partial charge on any atom is -0.161 e. The lowest BCUT2D eigenvalue weighted by Gasteiger charge is -1.96. The minimum atomic E-state index is 1.12. The van der Waals surface area contributed by atoms with Crippen molar-refractivity contribution in [2.75, 3.05) is 6.26 Å². The first-order chi connectivity index (χ1) is 4.83. The van der Waals surface area contributed by atoms with E-state index in [9.17, 15) is 0 Å². The molecule has 2 heteroatoms. The maximum Gasteiger partial charge on any atom is 0.0182 e. The van der Waals surface area contributed by atoms with Gasteiger partial charge >= 0.3 is 0 Å². The molecule has 0 amide bonds. The molecule has 0 unspecified atom stereocenters. The Morgan fingerprint density at radius 1 is 1.50 bits per heavy atom. The first-order valence-corrected chi connectivity index (χ1v) is 5.53. The summed E-state index contributed by atoms with van der Waals surface area (Å²) in [6, 6.07) is 8.60. The van der Waals surface area contributed by atoms with E-state index in [0.29, 0.717) is 0 Å². The lowest BCUT2D eigenvalue weighted by Crippen LogP contribution is -1.79. The van der Waals surface area contributed by atoms with Crippen LogP contribution < -0.4 is 0 Å². The maximum atomic E-state index is 2.34. The molecule has 1 aromatic rings. The Kier molecular flexibility index (Phi) is 3.56. The van der Waals surface area contributed by atoms with E-state index < -0.39 is 0 Å². The van der Waals surface area contributed by atoms with Gasteiger partial charge in [-0.1, -0.05) is 12.1 Å². The van der Waals surface area contributed by atoms with Gasteiger partial charge in [0.1, 0.15) is 0 Å². The summed E-state index contributed by atoms with van der Waals surface area (Å²) in [7, 11) is 0. The third-order valence-corrected chi connectivity index (χ3v) is 2.49. The number of hydrogen-bond acceptors (Lipinski definition) is 1. The molecule has 54 valence electrons. The monoisotopic (exact) mass is 264 g/mol. The highest BCUT2D eigenvalue weighted by molar-refractivity contribution is 14.1. The summed E-state index contributed by atoms with van der Waals surface area (Å²) < 4.78 is 1.32. The summed E-state index contributed by atoms with van der Waals surface area (Å²) in [6.07, 6.45) is 2.12. The molecule has 1 aromatic carbocycles. The van der Waals surface area contributed by atoms with E-state index >= 15 is 0 Å². The highest BCUT2D eigenvalue weighted by Crippen LogP contribution is 2.12. The maximum absolute atomic E-state index is 2.34. The third-order valence-electron chi connectivity index (χ3n) is 1.20. The van der Waals surface area contributed by atoms with Gasteiger partial charge in [-0.25, -0.2) is 0 Å². The summed E-state index contributed by atoms with van der Waals surface area (Å²) in [5.74, 6) is 1.12. The van der Waals surface area contributed by atoms with Crippen LogP contribution in [0.15, 0.2) is 24.3 Å². The van der Waals surface area contributed by atoms with Crippen molar-refractivity contribution in [3.05, 3.63) is 33.4 Å². The molecule has 0 saturated carbocycles. The predicted molar refractivity (Wildman–Crippen MR) is 56.4 cm³/mol. The molecule has 0 aromatic heterocycles. The Bertz CT molecular complexity index is 210.